The molecule has 92 valence electrons. The largest absolute Gasteiger partial charge is 0.234 e. The summed E-state index contributed by atoms with van der Waals surface area (Å²) in [6.07, 6.45) is 0.955. The van der Waals surface area contributed by atoms with Crippen LogP contribution in [0.5, 0.6) is 0 Å². The highest BCUT2D eigenvalue weighted by Gasteiger charge is 2.07. The van der Waals surface area contributed by atoms with Gasteiger partial charge in [-0.05, 0) is 37.6 Å². The Balaban J connectivity index is 2.42. The Morgan fingerprint density at radius 3 is 1.72 bits per heavy atom. The molecule has 0 saturated carbocycles. The smallest absolute Gasteiger partial charge is 0.0652 e. The van der Waals surface area contributed by atoms with E-state index in [0.29, 0.717) is 0 Å². The van der Waals surface area contributed by atoms with E-state index in [1.165, 1.54) is 0 Å². The molecular weight excluding hydrogens is 220 g/mol. The summed E-state index contributed by atoms with van der Waals surface area (Å²) in [5.41, 5.74) is 3.27. The fourth-order valence-electron chi connectivity index (χ4n) is 1.64. The summed E-state index contributed by atoms with van der Waals surface area (Å²) in [4.78, 5) is 0. The minimum Gasteiger partial charge on any atom is -0.234 e. The van der Waals surface area contributed by atoms with Crippen LogP contribution in [0, 0.1) is 0 Å². The molecule has 2 nitrogen and oxygen atoms in total. The van der Waals surface area contributed by atoms with Crippen LogP contribution < -0.4 is 5.01 Å². The molecule has 18 heavy (non-hydrogen) atoms. The number of anilines is 2. The monoisotopic (exact) mass is 238 g/mol. The minimum atomic E-state index is 0.955. The molecule has 2 aromatic carbocycles. The number of hydrazone groups is 1. The highest BCUT2D eigenvalue weighted by atomic mass is 15.5. The van der Waals surface area contributed by atoms with Crippen LogP contribution in [-0.2, 0) is 0 Å². The molecule has 0 N–H and O–H groups in total. The third-order valence-electron chi connectivity index (χ3n) is 2.78. The van der Waals surface area contributed by atoms with Gasteiger partial charge >= 0.3 is 0 Å². The number of hydrogen-bond donors (Lipinski definition) is 0. The Hall–Kier alpha value is -2.09. The van der Waals surface area contributed by atoms with Gasteiger partial charge in [0.25, 0.3) is 0 Å². The van der Waals surface area contributed by atoms with Crippen molar-refractivity contribution in [2.24, 2.45) is 5.10 Å². The van der Waals surface area contributed by atoms with Crippen LogP contribution in [0.25, 0.3) is 0 Å². The van der Waals surface area contributed by atoms with E-state index >= 15 is 0 Å². The minimum absolute atomic E-state index is 0.955. The van der Waals surface area contributed by atoms with Crippen molar-refractivity contribution in [3.63, 3.8) is 0 Å². The van der Waals surface area contributed by atoms with Gasteiger partial charge in [-0.25, -0.2) is 5.01 Å². The van der Waals surface area contributed by atoms with Crippen molar-refractivity contribution in [2.75, 3.05) is 5.01 Å². The first-order valence-electron chi connectivity index (χ1n) is 6.25. The lowest BCUT2D eigenvalue weighted by atomic mass is 10.2. The number of rotatable bonds is 4. The molecule has 0 atom stereocenters. The summed E-state index contributed by atoms with van der Waals surface area (Å²) in [6.45, 7) is 4.17. The molecule has 2 aromatic rings. The molecule has 0 aromatic heterocycles. The summed E-state index contributed by atoms with van der Waals surface area (Å²) >= 11 is 0. The molecule has 0 heterocycles. The van der Waals surface area contributed by atoms with Crippen LogP contribution >= 0.6 is 0 Å². The third-order valence-corrected chi connectivity index (χ3v) is 2.78. The van der Waals surface area contributed by atoms with Crippen LogP contribution in [0.2, 0.25) is 0 Å². The van der Waals surface area contributed by atoms with E-state index in [4.69, 9.17) is 0 Å². The van der Waals surface area contributed by atoms with E-state index in [1.807, 2.05) is 41.4 Å². The normalized spacial score (nSPS) is 11.3. The van der Waals surface area contributed by atoms with Gasteiger partial charge in [-0.3, -0.25) is 0 Å². The van der Waals surface area contributed by atoms with Gasteiger partial charge in [-0.15, -0.1) is 0 Å². The Labute approximate surface area is 109 Å². The van der Waals surface area contributed by atoms with Crippen molar-refractivity contribution in [3.05, 3.63) is 60.7 Å². The first-order valence-corrected chi connectivity index (χ1v) is 6.25. The molecule has 0 aliphatic rings. The average Bonchev–Trinajstić information content (AvgIpc) is 2.46. The maximum Gasteiger partial charge on any atom is 0.0652 e. The lowest BCUT2D eigenvalue weighted by Gasteiger charge is -2.20. The molecule has 0 bridgehead atoms. The van der Waals surface area contributed by atoms with E-state index in [0.717, 1.165) is 23.5 Å². The van der Waals surface area contributed by atoms with E-state index in [2.05, 4.69) is 43.2 Å². The van der Waals surface area contributed by atoms with E-state index in [-0.39, 0.29) is 0 Å². The van der Waals surface area contributed by atoms with Crippen molar-refractivity contribution in [2.45, 2.75) is 20.3 Å². The van der Waals surface area contributed by atoms with Gasteiger partial charge in [0.05, 0.1) is 11.4 Å². The van der Waals surface area contributed by atoms with E-state index in [1.54, 1.807) is 0 Å². The second-order valence-electron chi connectivity index (χ2n) is 4.17. The number of benzene rings is 2. The van der Waals surface area contributed by atoms with Crippen molar-refractivity contribution in [1.29, 1.82) is 0 Å². The molecule has 0 unspecified atom stereocenters. The first kappa shape index (κ1) is 12.4. The zero-order valence-electron chi connectivity index (χ0n) is 10.9. The molecular formula is C16H18N2. The summed E-state index contributed by atoms with van der Waals surface area (Å²) < 4.78 is 0. The van der Waals surface area contributed by atoms with Gasteiger partial charge in [0, 0.05) is 5.71 Å². The topological polar surface area (TPSA) is 15.6 Å². The molecule has 0 amide bonds. The third kappa shape index (κ3) is 2.98. The highest BCUT2D eigenvalue weighted by molar-refractivity contribution is 5.83. The number of nitrogens with zero attached hydrogens (tertiary/aromatic N) is 2. The fourth-order valence-corrected chi connectivity index (χ4v) is 1.64. The molecule has 0 aliphatic carbocycles. The van der Waals surface area contributed by atoms with Crippen molar-refractivity contribution in [1.82, 2.24) is 0 Å². The molecule has 0 aliphatic heterocycles. The summed E-state index contributed by atoms with van der Waals surface area (Å²) in [7, 11) is 0. The Bertz CT molecular complexity index is 464. The van der Waals surface area contributed by atoms with Crippen LogP contribution in [0.3, 0.4) is 0 Å². The fraction of sp³-hybridized carbons (Fsp3) is 0.188. The molecule has 0 saturated heterocycles. The van der Waals surface area contributed by atoms with E-state index < -0.39 is 0 Å². The Kier molecular flexibility index (Phi) is 4.13. The Morgan fingerprint density at radius 2 is 1.33 bits per heavy atom. The maximum absolute atomic E-state index is 4.69. The van der Waals surface area contributed by atoms with Gasteiger partial charge in [-0.2, -0.15) is 5.10 Å². The van der Waals surface area contributed by atoms with Crippen LogP contribution in [-0.4, -0.2) is 5.71 Å². The second-order valence-corrected chi connectivity index (χ2v) is 4.17. The summed E-state index contributed by atoms with van der Waals surface area (Å²) in [6, 6.07) is 20.4. The van der Waals surface area contributed by atoms with Gasteiger partial charge < -0.3 is 0 Å². The van der Waals surface area contributed by atoms with Crippen molar-refractivity contribution < 1.29 is 0 Å². The lowest BCUT2D eigenvalue weighted by molar-refractivity contribution is 1.06. The molecule has 2 rings (SSSR count). The predicted molar refractivity (Wildman–Crippen MR) is 78.4 cm³/mol. The second kappa shape index (κ2) is 6.01. The zero-order chi connectivity index (χ0) is 12.8. The zero-order valence-corrected chi connectivity index (χ0v) is 10.9. The van der Waals surface area contributed by atoms with Crippen LogP contribution in [0.1, 0.15) is 20.3 Å². The summed E-state index contributed by atoms with van der Waals surface area (Å²) in [5, 5.41) is 6.67. The van der Waals surface area contributed by atoms with Crippen LogP contribution in [0.4, 0.5) is 11.4 Å². The van der Waals surface area contributed by atoms with Gasteiger partial charge in [0.15, 0.2) is 0 Å². The summed E-state index contributed by atoms with van der Waals surface area (Å²) in [5.74, 6) is 0. The standard InChI is InChI=1S/C16H18N2/c1-3-14(2)17-18(15-10-6-4-7-11-15)16-12-8-5-9-13-16/h4-13H,3H2,1-2H3/b17-14+. The van der Waals surface area contributed by atoms with Crippen LogP contribution in [0.15, 0.2) is 65.8 Å². The molecule has 0 fully saturated rings. The molecule has 0 radical (unpaired) electrons. The maximum atomic E-state index is 4.69. The predicted octanol–water partition coefficient (Wildman–Crippen LogP) is 4.61. The quantitative estimate of drug-likeness (QED) is 0.561. The first-order chi connectivity index (χ1) is 8.81. The molecule has 2 heteroatoms. The van der Waals surface area contributed by atoms with Gasteiger partial charge in [0.2, 0.25) is 0 Å². The lowest BCUT2D eigenvalue weighted by Crippen LogP contribution is -2.11. The Morgan fingerprint density at radius 1 is 0.889 bits per heavy atom. The SMILES string of the molecule is CC/C(C)=N/N(c1ccccc1)c1ccccc1. The molecule has 0 spiro atoms. The van der Waals surface area contributed by atoms with E-state index in [9.17, 15) is 0 Å². The average molecular weight is 238 g/mol. The van der Waals surface area contributed by atoms with Crippen molar-refractivity contribution >= 4 is 17.1 Å². The highest BCUT2D eigenvalue weighted by Crippen LogP contribution is 2.25. The number of para-hydroxylation sites is 2. The van der Waals surface area contributed by atoms with Gasteiger partial charge in [-0.1, -0.05) is 43.3 Å². The number of hydrogen-bond acceptors (Lipinski definition) is 2. The van der Waals surface area contributed by atoms with Gasteiger partial charge in [0.1, 0.15) is 0 Å². The van der Waals surface area contributed by atoms with Crippen molar-refractivity contribution in [3.8, 4) is 0 Å².